The second-order valence-corrected chi connectivity index (χ2v) is 6.24. The fourth-order valence-electron chi connectivity index (χ4n) is 3.32. The van der Waals surface area contributed by atoms with Crippen molar-refractivity contribution in [2.45, 2.75) is 51.0 Å². The molecule has 3 atom stereocenters. The van der Waals surface area contributed by atoms with Crippen molar-refractivity contribution in [2.24, 2.45) is 4.99 Å². The highest BCUT2D eigenvalue weighted by Crippen LogP contribution is 2.34. The van der Waals surface area contributed by atoms with E-state index in [2.05, 4.69) is 22.5 Å². The molecule has 0 saturated carbocycles. The number of carbonyl (C=O) groups excluding carboxylic acids is 1. The smallest absolute Gasteiger partial charge is 0.337 e. The van der Waals surface area contributed by atoms with E-state index >= 15 is 0 Å². The van der Waals surface area contributed by atoms with Crippen molar-refractivity contribution in [1.29, 1.82) is 0 Å². The topological polar surface area (TPSA) is 72.0 Å². The number of hydrogen-bond donors (Lipinski definition) is 2. The van der Waals surface area contributed by atoms with Crippen molar-refractivity contribution in [3.8, 4) is 0 Å². The number of rotatable bonds is 5. The summed E-state index contributed by atoms with van der Waals surface area (Å²) >= 11 is 0. The van der Waals surface area contributed by atoms with E-state index in [0.717, 1.165) is 30.9 Å². The minimum atomic E-state index is -0.323. The van der Waals surface area contributed by atoms with Gasteiger partial charge in [0.05, 0.1) is 37.5 Å². The number of aliphatic imine (C=N–C) groups is 1. The molecule has 2 bridgehead atoms. The molecule has 2 fully saturated rings. The van der Waals surface area contributed by atoms with E-state index in [1.807, 2.05) is 12.1 Å². The van der Waals surface area contributed by atoms with E-state index in [1.54, 1.807) is 12.1 Å². The summed E-state index contributed by atoms with van der Waals surface area (Å²) in [5.41, 5.74) is 1.60. The first-order chi connectivity index (χ1) is 11.7. The minimum absolute atomic E-state index is 0.318. The summed E-state index contributed by atoms with van der Waals surface area (Å²) in [7, 11) is 1.38. The molecule has 3 unspecified atom stereocenters. The predicted molar refractivity (Wildman–Crippen MR) is 92.0 cm³/mol. The molecular formula is C18H25N3O3. The Hall–Kier alpha value is -2.08. The molecule has 2 N–H and O–H groups in total. The third-order valence-corrected chi connectivity index (χ3v) is 4.57. The van der Waals surface area contributed by atoms with Crippen LogP contribution in [0.15, 0.2) is 29.3 Å². The van der Waals surface area contributed by atoms with Gasteiger partial charge in [0.25, 0.3) is 0 Å². The molecule has 6 heteroatoms. The monoisotopic (exact) mass is 331 g/mol. The van der Waals surface area contributed by atoms with Crippen molar-refractivity contribution in [3.05, 3.63) is 35.4 Å². The summed E-state index contributed by atoms with van der Waals surface area (Å²) in [4.78, 5) is 16.1. The highest BCUT2D eigenvalue weighted by Gasteiger charge is 2.41. The van der Waals surface area contributed by atoms with Gasteiger partial charge in [-0.25, -0.2) is 9.79 Å². The number of nitrogens with one attached hydrogen (secondary N) is 2. The molecule has 0 aromatic heterocycles. The zero-order valence-electron chi connectivity index (χ0n) is 14.2. The predicted octanol–water partition coefficient (Wildman–Crippen LogP) is 1.85. The number of nitrogens with zero attached hydrogens (tertiary/aromatic N) is 1. The Morgan fingerprint density at radius 1 is 1.33 bits per heavy atom. The molecule has 6 nitrogen and oxygen atoms in total. The molecule has 0 amide bonds. The summed E-state index contributed by atoms with van der Waals surface area (Å²) < 4.78 is 10.6. The van der Waals surface area contributed by atoms with Gasteiger partial charge in [0.1, 0.15) is 0 Å². The van der Waals surface area contributed by atoms with Gasteiger partial charge in [0.2, 0.25) is 0 Å². The number of fused-ring (bicyclic) bond motifs is 2. The maximum Gasteiger partial charge on any atom is 0.337 e. The number of guanidine groups is 1. The molecular weight excluding hydrogens is 306 g/mol. The van der Waals surface area contributed by atoms with Crippen LogP contribution in [0.3, 0.4) is 0 Å². The molecule has 0 aliphatic carbocycles. The summed E-state index contributed by atoms with van der Waals surface area (Å²) in [6.07, 6.45) is 4.11. The van der Waals surface area contributed by atoms with Crippen LogP contribution in [0, 0.1) is 0 Å². The van der Waals surface area contributed by atoms with Gasteiger partial charge in [-0.1, -0.05) is 12.1 Å². The zero-order chi connectivity index (χ0) is 16.9. The Labute approximate surface area is 142 Å². The second kappa shape index (κ2) is 7.66. The molecule has 0 radical (unpaired) electrons. The van der Waals surface area contributed by atoms with Gasteiger partial charge in [0, 0.05) is 6.54 Å². The maximum atomic E-state index is 11.5. The third kappa shape index (κ3) is 3.87. The van der Waals surface area contributed by atoms with Gasteiger partial charge in [-0.05, 0) is 43.9 Å². The maximum absolute atomic E-state index is 11.5. The Balaban J connectivity index is 1.60. The molecule has 2 saturated heterocycles. The summed E-state index contributed by atoms with van der Waals surface area (Å²) in [5, 5.41) is 6.78. The third-order valence-electron chi connectivity index (χ3n) is 4.57. The number of esters is 1. The van der Waals surface area contributed by atoms with Crippen LogP contribution in [-0.4, -0.2) is 43.8 Å². The first-order valence-corrected chi connectivity index (χ1v) is 8.57. The molecule has 2 aliphatic rings. The number of benzene rings is 1. The average molecular weight is 331 g/mol. The lowest BCUT2D eigenvalue weighted by molar-refractivity contribution is 0.0600. The number of ether oxygens (including phenoxy) is 2. The van der Waals surface area contributed by atoms with Crippen LogP contribution in [0.25, 0.3) is 0 Å². The van der Waals surface area contributed by atoms with Crippen LogP contribution in [-0.2, 0) is 16.0 Å². The van der Waals surface area contributed by atoms with Crippen LogP contribution in [0.2, 0.25) is 0 Å². The molecule has 0 spiro atoms. The molecule has 3 rings (SSSR count). The standard InChI is InChI=1S/C18H25N3O3/c1-3-19-18(21-15-10-14-8-9-16(15)24-14)20-11-12-4-6-13(7-5-12)17(22)23-2/h4-7,14-16H,3,8-11H2,1-2H3,(H2,19,20,21). The van der Waals surface area contributed by atoms with E-state index in [9.17, 15) is 4.79 Å². The van der Waals surface area contributed by atoms with Gasteiger partial charge in [-0.2, -0.15) is 0 Å². The van der Waals surface area contributed by atoms with E-state index in [0.29, 0.717) is 30.4 Å². The summed E-state index contributed by atoms with van der Waals surface area (Å²) in [5.74, 6) is 0.493. The highest BCUT2D eigenvalue weighted by molar-refractivity contribution is 5.89. The van der Waals surface area contributed by atoms with Crippen LogP contribution < -0.4 is 10.6 Å². The van der Waals surface area contributed by atoms with Gasteiger partial charge in [-0.15, -0.1) is 0 Å². The van der Waals surface area contributed by atoms with Gasteiger partial charge in [0.15, 0.2) is 5.96 Å². The first kappa shape index (κ1) is 16.8. The largest absolute Gasteiger partial charge is 0.465 e. The minimum Gasteiger partial charge on any atom is -0.465 e. The van der Waals surface area contributed by atoms with Gasteiger partial charge >= 0.3 is 5.97 Å². The van der Waals surface area contributed by atoms with Crippen molar-refractivity contribution < 1.29 is 14.3 Å². The molecule has 130 valence electrons. The molecule has 1 aromatic rings. The molecule has 2 heterocycles. The SMILES string of the molecule is CCNC(=NCc1ccc(C(=O)OC)cc1)NC1CC2CCC1O2. The van der Waals surface area contributed by atoms with Gasteiger partial charge < -0.3 is 20.1 Å². The highest BCUT2D eigenvalue weighted by atomic mass is 16.5. The van der Waals surface area contributed by atoms with E-state index in [-0.39, 0.29) is 5.97 Å². The van der Waals surface area contributed by atoms with Crippen LogP contribution >= 0.6 is 0 Å². The lowest BCUT2D eigenvalue weighted by Crippen LogP contribution is -2.47. The van der Waals surface area contributed by atoms with E-state index in [1.165, 1.54) is 13.5 Å². The quantitative estimate of drug-likeness (QED) is 0.489. The molecule has 2 aliphatic heterocycles. The van der Waals surface area contributed by atoms with Crippen molar-refractivity contribution in [1.82, 2.24) is 10.6 Å². The fraction of sp³-hybridized carbons (Fsp3) is 0.556. The number of methoxy groups -OCH3 is 1. The van der Waals surface area contributed by atoms with Crippen LogP contribution in [0.5, 0.6) is 0 Å². The zero-order valence-corrected chi connectivity index (χ0v) is 14.2. The van der Waals surface area contributed by atoms with Crippen LogP contribution in [0.4, 0.5) is 0 Å². The normalized spacial score (nSPS) is 25.6. The Morgan fingerprint density at radius 2 is 2.12 bits per heavy atom. The molecule has 24 heavy (non-hydrogen) atoms. The summed E-state index contributed by atoms with van der Waals surface area (Å²) in [6.45, 7) is 3.42. The van der Waals surface area contributed by atoms with Crippen molar-refractivity contribution >= 4 is 11.9 Å². The van der Waals surface area contributed by atoms with Gasteiger partial charge in [-0.3, -0.25) is 0 Å². The lowest BCUT2D eigenvalue weighted by Gasteiger charge is -2.22. The van der Waals surface area contributed by atoms with Crippen molar-refractivity contribution in [3.63, 3.8) is 0 Å². The van der Waals surface area contributed by atoms with E-state index < -0.39 is 0 Å². The van der Waals surface area contributed by atoms with Crippen LogP contribution in [0.1, 0.15) is 42.1 Å². The Kier molecular flexibility index (Phi) is 5.35. The molecule has 1 aromatic carbocycles. The van der Waals surface area contributed by atoms with Crippen molar-refractivity contribution in [2.75, 3.05) is 13.7 Å². The second-order valence-electron chi connectivity index (χ2n) is 6.24. The number of carbonyl (C=O) groups is 1. The average Bonchev–Trinajstić information content (AvgIpc) is 3.22. The lowest BCUT2D eigenvalue weighted by atomic mass is 9.96. The Bertz CT molecular complexity index is 600. The fourth-order valence-corrected chi connectivity index (χ4v) is 3.32. The van der Waals surface area contributed by atoms with E-state index in [4.69, 9.17) is 9.47 Å². The number of hydrogen-bond acceptors (Lipinski definition) is 4. The Morgan fingerprint density at radius 3 is 2.71 bits per heavy atom. The summed E-state index contributed by atoms with van der Waals surface area (Å²) in [6, 6.07) is 7.69. The first-order valence-electron chi connectivity index (χ1n) is 8.57.